The Morgan fingerprint density at radius 2 is 1.91 bits per heavy atom. The molecule has 0 saturated carbocycles. The topological polar surface area (TPSA) is 83.5 Å². The molecule has 3 aromatic heterocycles. The van der Waals surface area contributed by atoms with Crippen molar-refractivity contribution in [1.29, 1.82) is 0 Å². The third kappa shape index (κ3) is 4.49. The quantitative estimate of drug-likeness (QED) is 0.315. The van der Waals surface area contributed by atoms with E-state index in [1.54, 1.807) is 36.8 Å². The summed E-state index contributed by atoms with van der Waals surface area (Å²) >= 11 is 3.50. The summed E-state index contributed by atoms with van der Waals surface area (Å²) in [5.74, 6) is 4.45. The van der Waals surface area contributed by atoms with Gasteiger partial charge in [-0.3, -0.25) is 9.55 Å². The minimum Gasteiger partial charge on any atom is -0.497 e. The van der Waals surface area contributed by atoms with E-state index in [0.29, 0.717) is 0 Å². The summed E-state index contributed by atoms with van der Waals surface area (Å²) in [5, 5.41) is 19.8. The number of aromatic nitrogens is 7. The molecule has 1 atom stereocenters. The van der Waals surface area contributed by atoms with Gasteiger partial charge in [0.25, 0.3) is 0 Å². The van der Waals surface area contributed by atoms with Crippen LogP contribution in [0.5, 0.6) is 5.75 Å². The van der Waals surface area contributed by atoms with Gasteiger partial charge in [-0.2, -0.15) is 0 Å². The summed E-state index contributed by atoms with van der Waals surface area (Å²) in [6.07, 6.45) is 5.81. The standard InChI is InChI=1S/C23H25N7OS2/c1-3-4-12-29-20(16-7-9-19(31-2)10-8-16)25-27-22(29)32-14-18-15-33-23-28-26-21(30(18)23)17-6-5-11-24-13-17/h5-11,13,18H,3-4,12,14-15H2,1-2H3. The first-order valence-corrected chi connectivity index (χ1v) is 12.9. The number of benzene rings is 1. The zero-order valence-corrected chi connectivity index (χ0v) is 20.2. The highest BCUT2D eigenvalue weighted by molar-refractivity contribution is 8.00. The highest BCUT2D eigenvalue weighted by atomic mass is 32.2. The van der Waals surface area contributed by atoms with Gasteiger partial charge in [0.2, 0.25) is 0 Å². The van der Waals surface area contributed by atoms with E-state index in [1.165, 1.54) is 0 Å². The molecule has 5 rings (SSSR count). The Hall–Kier alpha value is -2.85. The summed E-state index contributed by atoms with van der Waals surface area (Å²) in [6.45, 7) is 3.10. The number of rotatable bonds is 9. The average Bonchev–Trinajstić information content (AvgIpc) is 3.57. The van der Waals surface area contributed by atoms with Gasteiger partial charge in [0.15, 0.2) is 22.0 Å². The summed E-state index contributed by atoms with van der Waals surface area (Å²) in [4.78, 5) is 4.24. The van der Waals surface area contributed by atoms with E-state index in [9.17, 15) is 0 Å². The predicted octanol–water partition coefficient (Wildman–Crippen LogP) is 4.85. The van der Waals surface area contributed by atoms with Crippen molar-refractivity contribution in [3.8, 4) is 28.5 Å². The third-order valence-corrected chi connectivity index (χ3v) is 7.76. The molecule has 8 nitrogen and oxygen atoms in total. The molecule has 1 aliphatic heterocycles. The number of ether oxygens (including phenoxy) is 1. The Morgan fingerprint density at radius 3 is 2.67 bits per heavy atom. The molecule has 170 valence electrons. The van der Waals surface area contributed by atoms with Gasteiger partial charge in [0.05, 0.1) is 13.2 Å². The smallest absolute Gasteiger partial charge is 0.191 e. The fraction of sp³-hybridized carbons (Fsp3) is 0.348. The molecule has 0 radical (unpaired) electrons. The van der Waals surface area contributed by atoms with Crippen LogP contribution in [0.4, 0.5) is 0 Å². The highest BCUT2D eigenvalue weighted by Crippen LogP contribution is 2.39. The van der Waals surface area contributed by atoms with Crippen LogP contribution in [0, 0.1) is 0 Å². The predicted molar refractivity (Wildman–Crippen MR) is 131 cm³/mol. The lowest BCUT2D eigenvalue weighted by Crippen LogP contribution is -2.12. The van der Waals surface area contributed by atoms with Crippen molar-refractivity contribution in [2.24, 2.45) is 0 Å². The minimum atomic E-state index is 0.279. The summed E-state index contributed by atoms with van der Waals surface area (Å²) in [5.41, 5.74) is 2.03. The van der Waals surface area contributed by atoms with Gasteiger partial charge in [-0.1, -0.05) is 36.9 Å². The van der Waals surface area contributed by atoms with Gasteiger partial charge >= 0.3 is 0 Å². The molecule has 33 heavy (non-hydrogen) atoms. The summed E-state index contributed by atoms with van der Waals surface area (Å²) in [7, 11) is 1.68. The third-order valence-electron chi connectivity index (χ3n) is 5.56. The minimum absolute atomic E-state index is 0.279. The van der Waals surface area contributed by atoms with Crippen LogP contribution >= 0.6 is 23.5 Å². The Kier molecular flexibility index (Phi) is 6.63. The molecule has 1 unspecified atom stereocenters. The SMILES string of the molecule is CCCCn1c(SCC2CSc3nnc(-c4cccnc4)n32)nnc1-c1ccc(OC)cc1. The Balaban J connectivity index is 1.38. The van der Waals surface area contributed by atoms with Crippen molar-refractivity contribution >= 4 is 23.5 Å². The number of unbranched alkanes of at least 4 members (excludes halogenated alkanes) is 1. The molecule has 1 aromatic carbocycles. The van der Waals surface area contributed by atoms with Crippen LogP contribution in [-0.2, 0) is 6.54 Å². The zero-order chi connectivity index (χ0) is 22.6. The number of nitrogens with zero attached hydrogens (tertiary/aromatic N) is 7. The largest absolute Gasteiger partial charge is 0.497 e. The van der Waals surface area contributed by atoms with Gasteiger partial charge in [0, 0.05) is 41.6 Å². The normalized spacial score (nSPS) is 15.0. The zero-order valence-electron chi connectivity index (χ0n) is 18.6. The molecular formula is C23H25N7OS2. The second kappa shape index (κ2) is 9.96. The van der Waals surface area contributed by atoms with Crippen LogP contribution in [0.25, 0.3) is 22.8 Å². The Bertz CT molecular complexity index is 1210. The number of pyridine rings is 1. The molecule has 0 spiro atoms. The second-order valence-electron chi connectivity index (χ2n) is 7.73. The first kappa shape index (κ1) is 22.0. The molecule has 4 heterocycles. The lowest BCUT2D eigenvalue weighted by molar-refractivity contribution is 0.415. The van der Waals surface area contributed by atoms with Gasteiger partial charge in [-0.05, 0) is 42.8 Å². The first-order chi connectivity index (χ1) is 16.3. The molecular weight excluding hydrogens is 454 g/mol. The van der Waals surface area contributed by atoms with E-state index < -0.39 is 0 Å². The molecule has 10 heteroatoms. The Morgan fingerprint density at radius 1 is 1.06 bits per heavy atom. The van der Waals surface area contributed by atoms with Crippen LogP contribution in [-0.4, -0.2) is 53.1 Å². The van der Waals surface area contributed by atoms with Crippen molar-refractivity contribution < 1.29 is 4.74 Å². The number of hydrogen-bond donors (Lipinski definition) is 0. The number of hydrogen-bond acceptors (Lipinski definition) is 8. The van der Waals surface area contributed by atoms with Crippen LogP contribution in [0.15, 0.2) is 59.1 Å². The molecule has 1 aliphatic rings. The van der Waals surface area contributed by atoms with Gasteiger partial charge in [0.1, 0.15) is 5.75 Å². The number of methoxy groups -OCH3 is 1. The molecule has 4 aromatic rings. The molecule has 0 N–H and O–H groups in total. The number of fused-ring (bicyclic) bond motifs is 1. The fourth-order valence-corrected chi connectivity index (χ4v) is 6.07. The van der Waals surface area contributed by atoms with E-state index in [4.69, 9.17) is 4.74 Å². The van der Waals surface area contributed by atoms with Crippen LogP contribution in [0.1, 0.15) is 25.8 Å². The fourth-order valence-electron chi connectivity index (χ4n) is 3.80. The Labute approximate surface area is 201 Å². The van der Waals surface area contributed by atoms with Gasteiger partial charge < -0.3 is 9.30 Å². The van der Waals surface area contributed by atoms with Crippen LogP contribution in [0.2, 0.25) is 0 Å². The van der Waals surface area contributed by atoms with Crippen LogP contribution < -0.4 is 4.74 Å². The summed E-state index contributed by atoms with van der Waals surface area (Å²) < 4.78 is 9.78. The monoisotopic (exact) mass is 479 g/mol. The maximum absolute atomic E-state index is 5.30. The van der Waals surface area contributed by atoms with E-state index in [1.807, 2.05) is 42.6 Å². The highest BCUT2D eigenvalue weighted by Gasteiger charge is 2.29. The first-order valence-electron chi connectivity index (χ1n) is 11.0. The maximum Gasteiger partial charge on any atom is 0.191 e. The molecule has 0 aliphatic carbocycles. The summed E-state index contributed by atoms with van der Waals surface area (Å²) in [6, 6.07) is 12.2. The molecule has 0 saturated heterocycles. The van der Waals surface area contributed by atoms with Crippen LogP contribution in [0.3, 0.4) is 0 Å². The van der Waals surface area contributed by atoms with E-state index in [-0.39, 0.29) is 6.04 Å². The van der Waals surface area contributed by atoms with Crippen molar-refractivity contribution in [3.63, 3.8) is 0 Å². The molecule has 0 bridgehead atoms. The van der Waals surface area contributed by atoms with E-state index in [2.05, 4.69) is 41.4 Å². The maximum atomic E-state index is 5.30. The van der Waals surface area contributed by atoms with Crippen molar-refractivity contribution in [2.75, 3.05) is 18.6 Å². The average molecular weight is 480 g/mol. The van der Waals surface area contributed by atoms with E-state index in [0.717, 1.165) is 69.7 Å². The lowest BCUT2D eigenvalue weighted by atomic mass is 10.2. The number of thioether (sulfide) groups is 2. The van der Waals surface area contributed by atoms with Crippen molar-refractivity contribution in [2.45, 2.75) is 42.7 Å². The van der Waals surface area contributed by atoms with Gasteiger partial charge in [-0.15, -0.1) is 20.4 Å². The molecule has 0 amide bonds. The lowest BCUT2D eigenvalue weighted by Gasteiger charge is -2.15. The van der Waals surface area contributed by atoms with Crippen molar-refractivity contribution in [1.82, 2.24) is 34.5 Å². The van der Waals surface area contributed by atoms with E-state index >= 15 is 0 Å². The van der Waals surface area contributed by atoms with Gasteiger partial charge in [-0.25, -0.2) is 0 Å². The molecule has 0 fully saturated rings. The van der Waals surface area contributed by atoms with Crippen molar-refractivity contribution in [3.05, 3.63) is 48.8 Å². The second-order valence-corrected chi connectivity index (χ2v) is 9.71.